The Morgan fingerprint density at radius 2 is 1.84 bits per heavy atom. The van der Waals surface area contributed by atoms with Gasteiger partial charge in [0, 0.05) is 25.3 Å². The van der Waals surface area contributed by atoms with E-state index in [2.05, 4.69) is 0 Å². The highest BCUT2D eigenvalue weighted by molar-refractivity contribution is 5.45. The van der Waals surface area contributed by atoms with Crippen molar-refractivity contribution in [3.63, 3.8) is 0 Å². The maximum atomic E-state index is 12.3. The zero-order valence-electron chi connectivity index (χ0n) is 10.5. The standard InChI is InChI=1S/C13H17F3N2O/c14-13(15,16)12(19)8-18-5-3-9-1-2-11(17)7-10(9)4-6-18/h1-2,7,12,19H,3-6,8,17H2/t12-/m1/s1. The van der Waals surface area contributed by atoms with Crippen molar-refractivity contribution in [3.8, 4) is 0 Å². The predicted molar refractivity (Wildman–Crippen MR) is 66.8 cm³/mol. The second-order valence-corrected chi connectivity index (χ2v) is 4.89. The average Bonchev–Trinajstić information content (AvgIpc) is 2.50. The summed E-state index contributed by atoms with van der Waals surface area (Å²) in [6, 6.07) is 5.60. The van der Waals surface area contributed by atoms with Crippen molar-refractivity contribution in [1.82, 2.24) is 4.90 Å². The molecule has 1 atom stereocenters. The van der Waals surface area contributed by atoms with E-state index in [1.54, 1.807) is 11.0 Å². The van der Waals surface area contributed by atoms with Gasteiger partial charge in [-0.05, 0) is 36.1 Å². The summed E-state index contributed by atoms with van der Waals surface area (Å²) in [5, 5.41) is 9.10. The van der Waals surface area contributed by atoms with Crippen molar-refractivity contribution in [2.75, 3.05) is 25.4 Å². The van der Waals surface area contributed by atoms with E-state index in [4.69, 9.17) is 10.8 Å². The van der Waals surface area contributed by atoms with Gasteiger partial charge < -0.3 is 10.8 Å². The Morgan fingerprint density at radius 3 is 2.47 bits per heavy atom. The van der Waals surface area contributed by atoms with Crippen LogP contribution in [0.25, 0.3) is 0 Å². The fraction of sp³-hybridized carbons (Fsp3) is 0.538. The number of rotatable bonds is 2. The molecule has 1 aliphatic heterocycles. The van der Waals surface area contributed by atoms with E-state index in [0.29, 0.717) is 31.6 Å². The maximum absolute atomic E-state index is 12.3. The highest BCUT2D eigenvalue weighted by atomic mass is 19.4. The van der Waals surface area contributed by atoms with Gasteiger partial charge in [-0.2, -0.15) is 13.2 Å². The van der Waals surface area contributed by atoms with Crippen molar-refractivity contribution in [1.29, 1.82) is 0 Å². The Balaban J connectivity index is 2.00. The highest BCUT2D eigenvalue weighted by Gasteiger charge is 2.39. The van der Waals surface area contributed by atoms with Gasteiger partial charge in [0.15, 0.2) is 6.10 Å². The van der Waals surface area contributed by atoms with Crippen molar-refractivity contribution < 1.29 is 18.3 Å². The number of nitrogen functional groups attached to an aromatic ring is 1. The molecule has 2 rings (SSSR count). The molecule has 1 heterocycles. The summed E-state index contributed by atoms with van der Waals surface area (Å²) in [6.07, 6.45) is -5.49. The third-order valence-corrected chi connectivity index (χ3v) is 3.43. The van der Waals surface area contributed by atoms with E-state index < -0.39 is 12.3 Å². The summed E-state index contributed by atoms with van der Waals surface area (Å²) in [5.74, 6) is 0. The molecule has 3 nitrogen and oxygen atoms in total. The van der Waals surface area contributed by atoms with Crippen LogP contribution in [0.1, 0.15) is 11.1 Å². The lowest BCUT2D eigenvalue weighted by Gasteiger charge is -2.24. The number of nitrogens with zero attached hydrogens (tertiary/aromatic N) is 1. The molecule has 0 saturated heterocycles. The molecule has 0 spiro atoms. The normalized spacial score (nSPS) is 18.7. The van der Waals surface area contributed by atoms with Crippen LogP contribution in [0.5, 0.6) is 0 Å². The number of hydrogen-bond acceptors (Lipinski definition) is 3. The summed E-state index contributed by atoms with van der Waals surface area (Å²) in [7, 11) is 0. The molecule has 0 unspecified atom stereocenters. The lowest BCUT2D eigenvalue weighted by atomic mass is 10.0. The number of nitrogens with two attached hydrogens (primary N) is 1. The Labute approximate surface area is 109 Å². The molecule has 0 bridgehead atoms. The summed E-state index contributed by atoms with van der Waals surface area (Å²) in [4.78, 5) is 1.65. The van der Waals surface area contributed by atoms with Gasteiger partial charge in [0.05, 0.1) is 0 Å². The minimum atomic E-state index is -4.55. The van der Waals surface area contributed by atoms with Gasteiger partial charge in [-0.25, -0.2) is 0 Å². The molecule has 0 aromatic heterocycles. The van der Waals surface area contributed by atoms with Crippen LogP contribution in [-0.2, 0) is 12.8 Å². The van der Waals surface area contributed by atoms with Crippen LogP contribution < -0.4 is 5.73 Å². The molecule has 1 aliphatic rings. The average molecular weight is 274 g/mol. The predicted octanol–water partition coefficient (Wildman–Crippen LogP) is 1.59. The van der Waals surface area contributed by atoms with Crippen molar-refractivity contribution in [2.24, 2.45) is 0 Å². The summed E-state index contributed by atoms with van der Waals surface area (Å²) in [6.45, 7) is 0.653. The minimum Gasteiger partial charge on any atom is -0.399 e. The van der Waals surface area contributed by atoms with Gasteiger partial charge in [0.2, 0.25) is 0 Å². The number of anilines is 1. The van der Waals surface area contributed by atoms with E-state index in [-0.39, 0.29) is 6.54 Å². The second-order valence-electron chi connectivity index (χ2n) is 4.89. The Kier molecular flexibility index (Phi) is 4.01. The molecule has 0 saturated carbocycles. The van der Waals surface area contributed by atoms with Gasteiger partial charge >= 0.3 is 6.18 Å². The van der Waals surface area contributed by atoms with Crippen LogP contribution in [0.15, 0.2) is 18.2 Å². The molecular formula is C13H17F3N2O. The zero-order valence-corrected chi connectivity index (χ0v) is 10.5. The number of hydrogen-bond donors (Lipinski definition) is 2. The first-order chi connectivity index (χ1) is 8.86. The SMILES string of the molecule is Nc1ccc2c(c1)CCN(C[C@@H](O)C(F)(F)F)CC2. The monoisotopic (exact) mass is 274 g/mol. The first-order valence-corrected chi connectivity index (χ1v) is 6.20. The molecule has 0 aliphatic carbocycles. The van der Waals surface area contributed by atoms with Crippen molar-refractivity contribution in [2.45, 2.75) is 25.1 Å². The van der Waals surface area contributed by atoms with Gasteiger partial charge in [-0.1, -0.05) is 6.07 Å². The maximum Gasteiger partial charge on any atom is 0.415 e. The van der Waals surface area contributed by atoms with Crippen LogP contribution in [0, 0.1) is 0 Å². The van der Waals surface area contributed by atoms with Crippen molar-refractivity contribution >= 4 is 5.69 Å². The van der Waals surface area contributed by atoms with E-state index in [1.807, 2.05) is 12.1 Å². The number of aliphatic hydroxyl groups excluding tert-OH is 1. The van der Waals surface area contributed by atoms with E-state index in [9.17, 15) is 13.2 Å². The Hall–Kier alpha value is -1.27. The molecule has 1 aromatic rings. The molecule has 0 fully saturated rings. The van der Waals surface area contributed by atoms with Gasteiger partial charge in [-0.3, -0.25) is 4.90 Å². The fourth-order valence-electron chi connectivity index (χ4n) is 2.32. The third kappa shape index (κ3) is 3.61. The van der Waals surface area contributed by atoms with Crippen molar-refractivity contribution in [3.05, 3.63) is 29.3 Å². The first kappa shape index (κ1) is 14.1. The number of alkyl halides is 3. The number of aliphatic hydroxyl groups is 1. The largest absolute Gasteiger partial charge is 0.415 e. The smallest absolute Gasteiger partial charge is 0.399 e. The minimum absolute atomic E-state index is 0.368. The third-order valence-electron chi connectivity index (χ3n) is 3.43. The highest BCUT2D eigenvalue weighted by Crippen LogP contribution is 2.23. The van der Waals surface area contributed by atoms with Gasteiger partial charge in [-0.15, -0.1) is 0 Å². The van der Waals surface area contributed by atoms with Crippen LogP contribution in [0.4, 0.5) is 18.9 Å². The second kappa shape index (κ2) is 5.38. The Bertz CT molecular complexity index is 448. The van der Waals surface area contributed by atoms with Gasteiger partial charge in [0.1, 0.15) is 0 Å². The molecule has 19 heavy (non-hydrogen) atoms. The molecule has 106 valence electrons. The van der Waals surface area contributed by atoms with Gasteiger partial charge in [0.25, 0.3) is 0 Å². The zero-order chi connectivity index (χ0) is 14.0. The lowest BCUT2D eigenvalue weighted by Crippen LogP contribution is -2.41. The molecule has 0 amide bonds. The number of fused-ring (bicyclic) bond motifs is 1. The first-order valence-electron chi connectivity index (χ1n) is 6.20. The topological polar surface area (TPSA) is 49.5 Å². The number of benzene rings is 1. The molecule has 1 aromatic carbocycles. The van der Waals surface area contributed by atoms with E-state index >= 15 is 0 Å². The fourth-order valence-corrected chi connectivity index (χ4v) is 2.32. The van der Waals surface area contributed by atoms with Crippen LogP contribution in [-0.4, -0.2) is 41.9 Å². The molecule has 6 heteroatoms. The molecule has 0 radical (unpaired) electrons. The van der Waals surface area contributed by atoms with Crippen LogP contribution in [0.3, 0.4) is 0 Å². The lowest BCUT2D eigenvalue weighted by molar-refractivity contribution is -0.208. The number of β-amino-alcohol motifs (C(OH)–C–C–N with tert-alkyl or cyclic N) is 1. The van der Waals surface area contributed by atoms with Crippen LogP contribution in [0.2, 0.25) is 0 Å². The summed E-state index contributed by atoms with van der Waals surface area (Å²) in [5.41, 5.74) is 8.58. The van der Waals surface area contributed by atoms with E-state index in [0.717, 1.165) is 11.1 Å². The number of halogens is 3. The quantitative estimate of drug-likeness (QED) is 0.805. The van der Waals surface area contributed by atoms with Crippen LogP contribution >= 0.6 is 0 Å². The van der Waals surface area contributed by atoms with E-state index in [1.165, 1.54) is 0 Å². The Morgan fingerprint density at radius 1 is 1.21 bits per heavy atom. The summed E-state index contributed by atoms with van der Waals surface area (Å²) < 4.78 is 37.0. The molecule has 3 N–H and O–H groups in total. The summed E-state index contributed by atoms with van der Waals surface area (Å²) >= 11 is 0. The molecular weight excluding hydrogens is 257 g/mol.